The van der Waals surface area contributed by atoms with Crippen molar-refractivity contribution in [2.45, 2.75) is 12.5 Å². The van der Waals surface area contributed by atoms with Crippen LogP contribution in [0.25, 0.3) is 6.08 Å². The van der Waals surface area contributed by atoms with Crippen molar-refractivity contribution in [3.8, 4) is 5.75 Å². The molecule has 1 atom stereocenters. The van der Waals surface area contributed by atoms with Gasteiger partial charge in [-0.05, 0) is 47.0 Å². The van der Waals surface area contributed by atoms with Crippen LogP contribution in [0.2, 0.25) is 0 Å². The van der Waals surface area contributed by atoms with Crippen LogP contribution in [0.15, 0.2) is 79.0 Å². The molecule has 4 heteroatoms. The molecule has 0 bridgehead atoms. The number of nitrogens with zero attached hydrogens (tertiary/aromatic N) is 1. The topological polar surface area (TPSA) is 51.2 Å². The zero-order valence-electron chi connectivity index (χ0n) is 14.8. The summed E-state index contributed by atoms with van der Waals surface area (Å²) in [5.74, 6) is 0.780. The van der Waals surface area contributed by atoms with Crippen molar-refractivity contribution in [3.63, 3.8) is 0 Å². The number of carbonyl (C=O) groups excluding carboxylic acids is 1. The number of aromatic nitrogens is 1. The molecule has 2 heterocycles. The highest BCUT2D eigenvalue weighted by Gasteiger charge is 2.16. The summed E-state index contributed by atoms with van der Waals surface area (Å²) >= 11 is 0. The highest BCUT2D eigenvalue weighted by molar-refractivity contribution is 5.92. The number of fused-ring (bicyclic) bond motifs is 1. The second kappa shape index (κ2) is 7.87. The van der Waals surface area contributed by atoms with Gasteiger partial charge < -0.3 is 10.1 Å². The fourth-order valence-corrected chi connectivity index (χ4v) is 3.19. The molecule has 1 N–H and O–H groups in total. The van der Waals surface area contributed by atoms with Crippen molar-refractivity contribution in [1.82, 2.24) is 10.3 Å². The van der Waals surface area contributed by atoms with E-state index in [0.717, 1.165) is 35.6 Å². The number of hydrogen-bond donors (Lipinski definition) is 1. The Kier molecular flexibility index (Phi) is 4.97. The molecule has 2 aromatic carbocycles. The summed E-state index contributed by atoms with van der Waals surface area (Å²) in [6.07, 6.45) is 6.05. The second-order valence-corrected chi connectivity index (χ2v) is 6.41. The first-order chi connectivity index (χ1) is 13.3. The molecule has 27 heavy (non-hydrogen) atoms. The molecule has 0 aliphatic carbocycles. The van der Waals surface area contributed by atoms with Gasteiger partial charge in [-0.25, -0.2) is 0 Å². The largest absolute Gasteiger partial charge is 0.493 e. The van der Waals surface area contributed by atoms with Crippen LogP contribution in [0, 0.1) is 0 Å². The Morgan fingerprint density at radius 2 is 1.93 bits per heavy atom. The minimum absolute atomic E-state index is 0.161. The molecule has 0 spiro atoms. The van der Waals surface area contributed by atoms with Crippen LogP contribution >= 0.6 is 0 Å². The van der Waals surface area contributed by atoms with E-state index < -0.39 is 0 Å². The van der Waals surface area contributed by atoms with Crippen molar-refractivity contribution in [2.75, 3.05) is 6.61 Å². The van der Waals surface area contributed by atoms with E-state index in [0.29, 0.717) is 0 Å². The van der Waals surface area contributed by atoms with Crippen LogP contribution in [-0.2, 0) is 11.2 Å². The van der Waals surface area contributed by atoms with E-state index in [9.17, 15) is 4.79 Å². The van der Waals surface area contributed by atoms with Gasteiger partial charge in [-0.3, -0.25) is 9.78 Å². The molecule has 1 aromatic heterocycles. The second-order valence-electron chi connectivity index (χ2n) is 6.41. The molecule has 4 nitrogen and oxygen atoms in total. The van der Waals surface area contributed by atoms with Crippen molar-refractivity contribution in [2.24, 2.45) is 0 Å². The van der Waals surface area contributed by atoms with E-state index >= 15 is 0 Å². The average molecular weight is 356 g/mol. The molecule has 4 rings (SSSR count). The van der Waals surface area contributed by atoms with Crippen LogP contribution in [0.1, 0.15) is 28.4 Å². The first-order valence-electron chi connectivity index (χ1n) is 9.00. The highest BCUT2D eigenvalue weighted by Crippen LogP contribution is 2.26. The summed E-state index contributed by atoms with van der Waals surface area (Å²) in [7, 11) is 0. The van der Waals surface area contributed by atoms with Crippen molar-refractivity contribution >= 4 is 12.0 Å². The van der Waals surface area contributed by atoms with Gasteiger partial charge in [0.25, 0.3) is 0 Å². The first kappa shape index (κ1) is 17.0. The predicted octanol–water partition coefficient (Wildman–Crippen LogP) is 3.94. The lowest BCUT2D eigenvalue weighted by Gasteiger charge is -2.17. The smallest absolute Gasteiger partial charge is 0.244 e. The van der Waals surface area contributed by atoms with Crippen LogP contribution in [-0.4, -0.2) is 17.5 Å². The van der Waals surface area contributed by atoms with Gasteiger partial charge in [-0.1, -0.05) is 42.5 Å². The summed E-state index contributed by atoms with van der Waals surface area (Å²) < 4.78 is 5.52. The monoisotopic (exact) mass is 356 g/mol. The number of rotatable bonds is 5. The normalized spacial score (nSPS) is 13.8. The van der Waals surface area contributed by atoms with Gasteiger partial charge in [-0.15, -0.1) is 0 Å². The Bertz CT molecular complexity index is 913. The average Bonchev–Trinajstić information content (AvgIpc) is 3.20. The zero-order valence-corrected chi connectivity index (χ0v) is 14.8. The van der Waals surface area contributed by atoms with Gasteiger partial charge in [0.2, 0.25) is 5.91 Å². The fourth-order valence-electron chi connectivity index (χ4n) is 3.19. The lowest BCUT2D eigenvalue weighted by atomic mass is 10.0. The molecule has 0 saturated carbocycles. The maximum Gasteiger partial charge on any atom is 0.244 e. The Hall–Kier alpha value is -3.40. The van der Waals surface area contributed by atoms with Gasteiger partial charge in [-0.2, -0.15) is 0 Å². The van der Waals surface area contributed by atoms with Crippen LogP contribution < -0.4 is 10.1 Å². The van der Waals surface area contributed by atoms with E-state index in [1.165, 1.54) is 5.56 Å². The lowest BCUT2D eigenvalue weighted by molar-refractivity contribution is -0.116. The Morgan fingerprint density at radius 1 is 1.07 bits per heavy atom. The van der Waals surface area contributed by atoms with Crippen molar-refractivity contribution in [1.29, 1.82) is 0 Å². The molecule has 3 aromatic rings. The summed E-state index contributed by atoms with van der Waals surface area (Å²) in [6.45, 7) is 0.728. The summed E-state index contributed by atoms with van der Waals surface area (Å²) in [6, 6.07) is 21.3. The van der Waals surface area contributed by atoms with Gasteiger partial charge >= 0.3 is 0 Å². The standard InChI is InChI=1S/C23H20N2O2/c26-22(12-10-17-9-11-21-19(16-17)13-15-27-21)25-23(18-6-2-1-3-7-18)20-8-4-5-14-24-20/h1-12,14,16,23H,13,15H2,(H,25,26)/b12-10+. The highest BCUT2D eigenvalue weighted by atomic mass is 16.5. The number of pyridine rings is 1. The molecule has 1 unspecified atom stereocenters. The van der Waals surface area contributed by atoms with E-state index in [4.69, 9.17) is 4.74 Å². The number of hydrogen-bond acceptors (Lipinski definition) is 3. The fraction of sp³-hybridized carbons (Fsp3) is 0.130. The molecule has 1 amide bonds. The molecular weight excluding hydrogens is 336 g/mol. The third-order valence-electron chi connectivity index (χ3n) is 4.54. The minimum Gasteiger partial charge on any atom is -0.493 e. The van der Waals surface area contributed by atoms with Gasteiger partial charge in [0.05, 0.1) is 18.3 Å². The molecule has 0 radical (unpaired) electrons. The number of ether oxygens (including phenoxy) is 1. The predicted molar refractivity (Wildman–Crippen MR) is 105 cm³/mol. The van der Waals surface area contributed by atoms with E-state index in [1.807, 2.05) is 66.7 Å². The summed E-state index contributed by atoms with van der Waals surface area (Å²) in [5.41, 5.74) is 3.98. The number of amides is 1. The van der Waals surface area contributed by atoms with Crippen molar-refractivity contribution in [3.05, 3.63) is 101 Å². The molecule has 0 saturated heterocycles. The van der Waals surface area contributed by atoms with Crippen molar-refractivity contribution < 1.29 is 9.53 Å². The molecule has 1 aliphatic heterocycles. The molecule has 134 valence electrons. The van der Waals surface area contributed by atoms with E-state index in [1.54, 1.807) is 12.3 Å². The molecule has 0 fully saturated rings. The Balaban J connectivity index is 1.52. The lowest BCUT2D eigenvalue weighted by Crippen LogP contribution is -2.28. The van der Waals surface area contributed by atoms with Crippen LogP contribution in [0.5, 0.6) is 5.75 Å². The maximum absolute atomic E-state index is 12.6. The number of nitrogens with one attached hydrogen (secondary N) is 1. The Labute approximate surface area is 158 Å². The third-order valence-corrected chi connectivity index (χ3v) is 4.54. The zero-order chi connectivity index (χ0) is 18.5. The van der Waals surface area contributed by atoms with Gasteiger partial charge in [0.15, 0.2) is 0 Å². The summed E-state index contributed by atoms with van der Waals surface area (Å²) in [4.78, 5) is 17.0. The first-order valence-corrected chi connectivity index (χ1v) is 9.00. The number of carbonyl (C=O) groups is 1. The SMILES string of the molecule is O=C(/C=C/c1ccc2c(c1)CCO2)NC(c1ccccc1)c1ccccn1. The Morgan fingerprint density at radius 3 is 2.74 bits per heavy atom. The van der Waals surface area contributed by atoms with Gasteiger partial charge in [0, 0.05) is 18.7 Å². The summed E-state index contributed by atoms with van der Waals surface area (Å²) in [5, 5.41) is 3.06. The van der Waals surface area contributed by atoms with Gasteiger partial charge in [0.1, 0.15) is 5.75 Å². The quantitative estimate of drug-likeness (QED) is 0.705. The van der Waals surface area contributed by atoms with E-state index in [2.05, 4.69) is 16.4 Å². The van der Waals surface area contributed by atoms with Crippen LogP contribution in [0.4, 0.5) is 0 Å². The van der Waals surface area contributed by atoms with E-state index in [-0.39, 0.29) is 11.9 Å². The molecule has 1 aliphatic rings. The van der Waals surface area contributed by atoms with Crippen LogP contribution in [0.3, 0.4) is 0 Å². The molecular formula is C23H20N2O2. The maximum atomic E-state index is 12.6. The third kappa shape index (κ3) is 4.06. The number of benzene rings is 2. The minimum atomic E-state index is -0.294.